The lowest BCUT2D eigenvalue weighted by atomic mass is 10.2. The van der Waals surface area contributed by atoms with Crippen molar-refractivity contribution in [2.45, 2.75) is 13.0 Å². The van der Waals surface area contributed by atoms with Crippen LogP contribution < -0.4 is 9.04 Å². The van der Waals surface area contributed by atoms with Gasteiger partial charge in [0.25, 0.3) is 5.91 Å². The van der Waals surface area contributed by atoms with Gasteiger partial charge in [-0.15, -0.1) is 0 Å². The number of fused-ring (bicyclic) bond motifs is 1. The normalized spacial score (nSPS) is 12.4. The van der Waals surface area contributed by atoms with E-state index in [-0.39, 0.29) is 22.0 Å². The summed E-state index contributed by atoms with van der Waals surface area (Å²) in [4.78, 5) is 25.6. The third-order valence-electron chi connectivity index (χ3n) is 4.80. The van der Waals surface area contributed by atoms with Crippen LogP contribution in [0.5, 0.6) is 5.75 Å². The maximum absolute atomic E-state index is 13.5. The number of halogens is 1. The van der Waals surface area contributed by atoms with E-state index >= 15 is 0 Å². The molecule has 0 aliphatic carbocycles. The van der Waals surface area contributed by atoms with E-state index in [4.69, 9.17) is 21.1 Å². The van der Waals surface area contributed by atoms with E-state index in [0.29, 0.717) is 10.9 Å². The fourth-order valence-corrected chi connectivity index (χ4v) is 4.78. The highest BCUT2D eigenvalue weighted by molar-refractivity contribution is 7.92. The van der Waals surface area contributed by atoms with Crippen LogP contribution >= 0.6 is 11.6 Å². The molecule has 1 atom stereocenters. The Bertz CT molecular complexity index is 1270. The first-order valence-electron chi connectivity index (χ1n) is 9.15. The van der Waals surface area contributed by atoms with Gasteiger partial charge in [0.05, 0.1) is 37.2 Å². The zero-order valence-corrected chi connectivity index (χ0v) is 18.9. The van der Waals surface area contributed by atoms with Crippen LogP contribution in [-0.4, -0.2) is 51.4 Å². The summed E-state index contributed by atoms with van der Waals surface area (Å²) in [6.07, 6.45) is 2.34. The maximum Gasteiger partial charge on any atom is 0.340 e. The number of carbonyl (C=O) groups is 2. The number of hydrogen-bond donors (Lipinski definition) is 0. The minimum atomic E-state index is -3.92. The van der Waals surface area contributed by atoms with Gasteiger partial charge >= 0.3 is 5.97 Å². The number of rotatable bonds is 6. The van der Waals surface area contributed by atoms with E-state index < -0.39 is 27.9 Å². The minimum Gasteiger partial charge on any atom is -0.495 e. The lowest BCUT2D eigenvalue weighted by Crippen LogP contribution is -2.45. The molecule has 3 rings (SSSR count). The van der Waals surface area contributed by atoms with Gasteiger partial charge in [-0.25, -0.2) is 13.2 Å². The molecule has 0 spiro atoms. The topological polar surface area (TPSA) is 94.9 Å². The molecule has 1 heterocycles. The zero-order valence-electron chi connectivity index (χ0n) is 17.3. The van der Waals surface area contributed by atoms with E-state index in [1.165, 1.54) is 44.0 Å². The molecule has 0 saturated heterocycles. The van der Waals surface area contributed by atoms with Gasteiger partial charge < -0.3 is 9.47 Å². The molecule has 0 N–H and O–H groups in total. The smallest absolute Gasteiger partial charge is 0.340 e. The van der Waals surface area contributed by atoms with E-state index in [9.17, 15) is 18.0 Å². The Morgan fingerprint density at radius 3 is 2.42 bits per heavy atom. The molecule has 0 saturated carbocycles. The number of benzene rings is 2. The van der Waals surface area contributed by atoms with Crippen LogP contribution in [0, 0.1) is 0 Å². The Hall–Kier alpha value is -3.04. The van der Waals surface area contributed by atoms with Crippen LogP contribution in [0.1, 0.15) is 22.1 Å². The Morgan fingerprint density at radius 2 is 1.81 bits per heavy atom. The number of methoxy groups -OCH3 is 2. The second-order valence-electron chi connectivity index (χ2n) is 6.81. The summed E-state index contributed by atoms with van der Waals surface area (Å²) in [6, 6.07) is 10.1. The van der Waals surface area contributed by atoms with Crippen molar-refractivity contribution >= 4 is 50.1 Å². The molecule has 3 aromatic rings. The summed E-state index contributed by atoms with van der Waals surface area (Å²) in [5, 5.41) is 0.796. The fourth-order valence-electron chi connectivity index (χ4n) is 3.45. The number of carbonyl (C=O) groups excluding carboxylic acids is 2. The molecule has 0 bridgehead atoms. The standard InChI is InChI=1S/C21H21ClN2O6S/c1-13(24(31(4,27)28)18-11-14(22)9-10-19(18)29-2)20(25)23-12-16(21(26)30-3)15-7-5-6-8-17(15)23/h5-13H,1-4H3/t13-/m1/s1. The number of ether oxygens (including phenoxy) is 2. The van der Waals surface area contributed by atoms with Crippen molar-refractivity contribution in [3.8, 4) is 5.75 Å². The number of esters is 1. The first kappa shape index (κ1) is 22.6. The van der Waals surface area contributed by atoms with Crippen LogP contribution in [0.15, 0.2) is 48.7 Å². The van der Waals surface area contributed by atoms with Gasteiger partial charge in [0.1, 0.15) is 11.8 Å². The van der Waals surface area contributed by atoms with E-state index in [1.54, 1.807) is 30.3 Å². The molecule has 1 aromatic heterocycles. The predicted octanol–water partition coefficient (Wildman–Crippen LogP) is 3.58. The molecule has 0 fully saturated rings. The number of anilines is 1. The third-order valence-corrected chi connectivity index (χ3v) is 6.26. The second kappa shape index (κ2) is 8.60. The van der Waals surface area contributed by atoms with Crippen LogP contribution in [0.25, 0.3) is 10.9 Å². The molecular formula is C21H21ClN2O6S. The average Bonchev–Trinajstić information content (AvgIpc) is 3.11. The molecule has 0 aliphatic heterocycles. The molecule has 8 nitrogen and oxygen atoms in total. The van der Waals surface area contributed by atoms with Gasteiger partial charge in [-0.2, -0.15) is 0 Å². The van der Waals surface area contributed by atoms with Crippen molar-refractivity contribution in [3.05, 3.63) is 59.2 Å². The maximum atomic E-state index is 13.5. The largest absolute Gasteiger partial charge is 0.495 e. The SMILES string of the molecule is COC(=O)c1cn(C(=O)[C@@H](C)N(c2cc(Cl)ccc2OC)S(C)(=O)=O)c2ccccc12. The Labute approximate surface area is 185 Å². The Balaban J connectivity index is 2.17. The highest BCUT2D eigenvalue weighted by Crippen LogP contribution is 2.35. The summed E-state index contributed by atoms with van der Waals surface area (Å²) in [6.45, 7) is 1.45. The highest BCUT2D eigenvalue weighted by Gasteiger charge is 2.33. The van der Waals surface area contributed by atoms with Crippen LogP contribution in [0.2, 0.25) is 5.02 Å². The minimum absolute atomic E-state index is 0.128. The van der Waals surface area contributed by atoms with E-state index in [2.05, 4.69) is 0 Å². The summed E-state index contributed by atoms with van der Waals surface area (Å²) >= 11 is 6.08. The highest BCUT2D eigenvalue weighted by atomic mass is 35.5. The number of hydrogen-bond acceptors (Lipinski definition) is 6. The van der Waals surface area contributed by atoms with Gasteiger partial charge in [-0.1, -0.05) is 29.8 Å². The van der Waals surface area contributed by atoms with Crippen LogP contribution in [-0.2, 0) is 14.8 Å². The quantitative estimate of drug-likeness (QED) is 0.517. The van der Waals surface area contributed by atoms with Crippen molar-refractivity contribution in [2.75, 3.05) is 24.8 Å². The number of sulfonamides is 1. The molecule has 31 heavy (non-hydrogen) atoms. The van der Waals surface area contributed by atoms with E-state index in [1.807, 2.05) is 0 Å². The second-order valence-corrected chi connectivity index (χ2v) is 9.11. The van der Waals surface area contributed by atoms with Gasteiger partial charge in [0.15, 0.2) is 0 Å². The first-order chi connectivity index (χ1) is 14.6. The molecule has 0 radical (unpaired) electrons. The summed E-state index contributed by atoms with van der Waals surface area (Å²) in [7, 11) is -1.28. The lowest BCUT2D eigenvalue weighted by Gasteiger charge is -2.29. The summed E-state index contributed by atoms with van der Waals surface area (Å²) in [5.74, 6) is -0.937. The first-order valence-corrected chi connectivity index (χ1v) is 11.4. The Morgan fingerprint density at radius 1 is 1.13 bits per heavy atom. The van der Waals surface area contributed by atoms with Crippen molar-refractivity contribution < 1.29 is 27.5 Å². The lowest BCUT2D eigenvalue weighted by molar-refractivity contribution is 0.0603. The molecule has 164 valence electrons. The molecule has 0 aliphatic rings. The van der Waals surface area contributed by atoms with Gasteiger partial charge in [0, 0.05) is 16.6 Å². The number of para-hydroxylation sites is 1. The number of nitrogens with zero attached hydrogens (tertiary/aromatic N) is 2. The van der Waals surface area contributed by atoms with Crippen molar-refractivity contribution in [1.82, 2.24) is 4.57 Å². The fraction of sp³-hybridized carbons (Fsp3) is 0.238. The molecule has 10 heteroatoms. The molecule has 0 unspecified atom stereocenters. The van der Waals surface area contributed by atoms with Crippen molar-refractivity contribution in [1.29, 1.82) is 0 Å². The van der Waals surface area contributed by atoms with Crippen molar-refractivity contribution in [3.63, 3.8) is 0 Å². The molecular weight excluding hydrogens is 444 g/mol. The monoisotopic (exact) mass is 464 g/mol. The zero-order chi connectivity index (χ0) is 22.9. The van der Waals surface area contributed by atoms with Crippen LogP contribution in [0.3, 0.4) is 0 Å². The van der Waals surface area contributed by atoms with Gasteiger partial charge in [-0.05, 0) is 31.2 Å². The predicted molar refractivity (Wildman–Crippen MR) is 119 cm³/mol. The summed E-state index contributed by atoms with van der Waals surface area (Å²) in [5.41, 5.74) is 0.777. The van der Waals surface area contributed by atoms with Gasteiger partial charge in [0.2, 0.25) is 10.0 Å². The number of aromatic nitrogens is 1. The average molecular weight is 465 g/mol. The molecule has 2 aromatic carbocycles. The Kier molecular flexibility index (Phi) is 6.28. The van der Waals surface area contributed by atoms with E-state index in [0.717, 1.165) is 10.6 Å². The van der Waals surface area contributed by atoms with Crippen molar-refractivity contribution in [2.24, 2.45) is 0 Å². The summed E-state index contributed by atoms with van der Waals surface area (Å²) < 4.78 is 37.7. The van der Waals surface area contributed by atoms with Crippen LogP contribution in [0.4, 0.5) is 5.69 Å². The molecule has 0 amide bonds. The van der Waals surface area contributed by atoms with Gasteiger partial charge in [-0.3, -0.25) is 13.7 Å². The third kappa shape index (κ3) is 4.24.